The van der Waals surface area contributed by atoms with Gasteiger partial charge in [0.25, 0.3) is 0 Å². The molecule has 0 fully saturated rings. The highest BCUT2D eigenvalue weighted by atomic mass is 19.1. The van der Waals surface area contributed by atoms with Crippen LogP contribution in [0.3, 0.4) is 0 Å². The van der Waals surface area contributed by atoms with Crippen LogP contribution in [0.2, 0.25) is 0 Å². The second-order valence-corrected chi connectivity index (χ2v) is 5.10. The molecule has 0 aromatic heterocycles. The number of allylic oxidation sites excluding steroid dienone is 3. The molecule has 1 aromatic carbocycles. The van der Waals surface area contributed by atoms with Crippen molar-refractivity contribution in [3.8, 4) is 0 Å². The smallest absolute Gasteiger partial charge is 0.123 e. The third-order valence-electron chi connectivity index (χ3n) is 3.45. The molecule has 0 heterocycles. The molecule has 1 rings (SSSR count). The van der Waals surface area contributed by atoms with Crippen molar-refractivity contribution in [2.45, 2.75) is 26.3 Å². The number of hydrogen-bond donors (Lipinski definition) is 1. The lowest BCUT2D eigenvalue weighted by molar-refractivity contribution is 0.627. The number of hydrogen-bond acceptors (Lipinski definition) is 2. The summed E-state index contributed by atoms with van der Waals surface area (Å²) in [6.45, 7) is 9.00. The lowest BCUT2D eigenvalue weighted by Crippen LogP contribution is -2.26. The fourth-order valence-electron chi connectivity index (χ4n) is 2.08. The predicted octanol–water partition coefficient (Wildman–Crippen LogP) is 4.41. The maximum Gasteiger partial charge on any atom is 0.123 e. The number of halogens is 1. The molecule has 0 saturated carbocycles. The second kappa shape index (κ2) is 9.85. The zero-order chi connectivity index (χ0) is 16.4. The summed E-state index contributed by atoms with van der Waals surface area (Å²) in [4.78, 5) is 4.13. The standard InChI is InChI=1S/C19H25FN2/c1-5-22-13-7-6-8-15(2)19(21-4)14-16(3)17-9-11-18(20)12-10-17/h6-13,19,21H,3,5,14H2,1-2,4H3/b7-6-,15-8+,22-13?. The van der Waals surface area contributed by atoms with Crippen molar-refractivity contribution >= 4 is 11.8 Å². The van der Waals surface area contributed by atoms with Crippen molar-refractivity contribution in [2.24, 2.45) is 4.99 Å². The first-order valence-electron chi connectivity index (χ1n) is 7.52. The minimum Gasteiger partial charge on any atom is -0.313 e. The van der Waals surface area contributed by atoms with Crippen LogP contribution in [0.15, 0.2) is 59.6 Å². The number of aliphatic imine (C=N–C) groups is 1. The summed E-state index contributed by atoms with van der Waals surface area (Å²) in [7, 11) is 1.93. The summed E-state index contributed by atoms with van der Waals surface area (Å²) >= 11 is 0. The minimum atomic E-state index is -0.225. The van der Waals surface area contributed by atoms with E-state index in [1.807, 2.05) is 26.1 Å². The first-order valence-corrected chi connectivity index (χ1v) is 7.52. The SMILES string of the molecule is C=C(CC(NC)/C(C)=C/C=C\C=NCC)c1ccc(F)cc1. The van der Waals surface area contributed by atoms with E-state index in [4.69, 9.17) is 0 Å². The number of likely N-dealkylation sites (N-methyl/N-ethyl adjacent to an activating group) is 1. The molecule has 3 heteroatoms. The molecule has 0 aliphatic carbocycles. The maximum absolute atomic E-state index is 13.0. The molecule has 0 radical (unpaired) electrons. The van der Waals surface area contributed by atoms with Crippen molar-refractivity contribution in [2.75, 3.05) is 13.6 Å². The molecule has 118 valence electrons. The lowest BCUT2D eigenvalue weighted by Gasteiger charge is -2.18. The Morgan fingerprint density at radius 2 is 2.00 bits per heavy atom. The highest BCUT2D eigenvalue weighted by Gasteiger charge is 2.10. The van der Waals surface area contributed by atoms with Crippen LogP contribution < -0.4 is 5.32 Å². The van der Waals surface area contributed by atoms with Gasteiger partial charge in [-0.2, -0.15) is 0 Å². The van der Waals surface area contributed by atoms with Crippen molar-refractivity contribution in [3.05, 3.63) is 66.0 Å². The molecule has 1 unspecified atom stereocenters. The Bertz CT molecular complexity index is 553. The average Bonchev–Trinajstić information content (AvgIpc) is 2.52. The van der Waals surface area contributed by atoms with E-state index in [2.05, 4.69) is 29.9 Å². The van der Waals surface area contributed by atoms with E-state index < -0.39 is 0 Å². The molecule has 0 bridgehead atoms. The quantitative estimate of drug-likeness (QED) is 0.558. The van der Waals surface area contributed by atoms with Gasteiger partial charge in [0.2, 0.25) is 0 Å². The lowest BCUT2D eigenvalue weighted by atomic mass is 9.96. The number of nitrogens with one attached hydrogen (secondary N) is 1. The molecule has 0 aliphatic heterocycles. The average molecular weight is 300 g/mol. The van der Waals surface area contributed by atoms with Gasteiger partial charge in [0, 0.05) is 18.8 Å². The van der Waals surface area contributed by atoms with Crippen molar-refractivity contribution in [1.82, 2.24) is 5.32 Å². The molecule has 0 aliphatic rings. The van der Waals surface area contributed by atoms with Gasteiger partial charge in [-0.25, -0.2) is 4.39 Å². The van der Waals surface area contributed by atoms with Crippen LogP contribution in [0.1, 0.15) is 25.8 Å². The Morgan fingerprint density at radius 1 is 1.32 bits per heavy atom. The van der Waals surface area contributed by atoms with Gasteiger partial charge in [0.15, 0.2) is 0 Å². The van der Waals surface area contributed by atoms with Gasteiger partial charge in [0.1, 0.15) is 5.82 Å². The molecule has 0 spiro atoms. The number of benzene rings is 1. The topological polar surface area (TPSA) is 24.4 Å². The monoisotopic (exact) mass is 300 g/mol. The number of rotatable bonds is 8. The summed E-state index contributed by atoms with van der Waals surface area (Å²) in [5, 5.41) is 3.30. The number of nitrogens with zero attached hydrogens (tertiary/aromatic N) is 1. The predicted molar refractivity (Wildman–Crippen MR) is 94.8 cm³/mol. The van der Waals surface area contributed by atoms with E-state index in [-0.39, 0.29) is 11.9 Å². The van der Waals surface area contributed by atoms with Gasteiger partial charge in [-0.05, 0) is 56.7 Å². The second-order valence-electron chi connectivity index (χ2n) is 5.10. The first kappa shape index (κ1) is 18.1. The van der Waals surface area contributed by atoms with E-state index in [0.717, 1.165) is 24.1 Å². The van der Waals surface area contributed by atoms with Gasteiger partial charge >= 0.3 is 0 Å². The van der Waals surface area contributed by atoms with E-state index in [1.54, 1.807) is 18.3 Å². The van der Waals surface area contributed by atoms with Crippen molar-refractivity contribution in [3.63, 3.8) is 0 Å². The Balaban J connectivity index is 2.69. The van der Waals surface area contributed by atoms with Gasteiger partial charge < -0.3 is 5.32 Å². The van der Waals surface area contributed by atoms with Crippen LogP contribution in [0.5, 0.6) is 0 Å². The fraction of sp³-hybridized carbons (Fsp3) is 0.316. The van der Waals surface area contributed by atoms with E-state index in [9.17, 15) is 4.39 Å². The summed E-state index contributed by atoms with van der Waals surface area (Å²) < 4.78 is 13.0. The summed E-state index contributed by atoms with van der Waals surface area (Å²) in [6.07, 6.45) is 8.56. The van der Waals surface area contributed by atoms with Gasteiger partial charge in [-0.15, -0.1) is 0 Å². The molecule has 22 heavy (non-hydrogen) atoms. The van der Waals surface area contributed by atoms with Crippen LogP contribution in [-0.4, -0.2) is 25.8 Å². The maximum atomic E-state index is 13.0. The van der Waals surface area contributed by atoms with Crippen LogP contribution in [-0.2, 0) is 0 Å². The third kappa shape index (κ3) is 6.19. The normalized spacial score (nSPS) is 13.9. The first-order chi connectivity index (χ1) is 10.6. The van der Waals surface area contributed by atoms with E-state index in [1.165, 1.54) is 17.7 Å². The summed E-state index contributed by atoms with van der Waals surface area (Å²) in [6, 6.07) is 6.67. The van der Waals surface area contributed by atoms with Crippen molar-refractivity contribution < 1.29 is 4.39 Å². The molecule has 1 N–H and O–H groups in total. The van der Waals surface area contributed by atoms with Crippen molar-refractivity contribution in [1.29, 1.82) is 0 Å². The molecule has 0 amide bonds. The fourth-order valence-corrected chi connectivity index (χ4v) is 2.08. The molecule has 2 nitrogen and oxygen atoms in total. The minimum absolute atomic E-state index is 0.199. The van der Waals surface area contributed by atoms with E-state index >= 15 is 0 Å². The van der Waals surface area contributed by atoms with Gasteiger partial charge in [0.05, 0.1) is 0 Å². The third-order valence-corrected chi connectivity index (χ3v) is 3.45. The summed E-state index contributed by atoms with van der Waals surface area (Å²) in [5.41, 5.74) is 3.18. The van der Waals surface area contributed by atoms with E-state index in [0.29, 0.717) is 0 Å². The zero-order valence-corrected chi connectivity index (χ0v) is 13.6. The van der Waals surface area contributed by atoms with Crippen LogP contribution in [0.25, 0.3) is 5.57 Å². The summed E-state index contributed by atoms with van der Waals surface area (Å²) in [5.74, 6) is -0.225. The van der Waals surface area contributed by atoms with Crippen LogP contribution in [0, 0.1) is 5.82 Å². The largest absolute Gasteiger partial charge is 0.313 e. The zero-order valence-electron chi connectivity index (χ0n) is 13.6. The highest BCUT2D eigenvalue weighted by Crippen LogP contribution is 2.21. The molecule has 0 saturated heterocycles. The Morgan fingerprint density at radius 3 is 2.59 bits per heavy atom. The Kier molecular flexibility index (Phi) is 8.08. The highest BCUT2D eigenvalue weighted by molar-refractivity contribution is 5.71. The molecular formula is C19H25FN2. The van der Waals surface area contributed by atoms with Gasteiger partial charge in [-0.1, -0.05) is 36.4 Å². The Hall–Kier alpha value is -2.00. The molecular weight excluding hydrogens is 275 g/mol. The molecule has 1 aromatic rings. The van der Waals surface area contributed by atoms with Crippen LogP contribution in [0.4, 0.5) is 4.39 Å². The molecule has 1 atom stereocenters. The van der Waals surface area contributed by atoms with Gasteiger partial charge in [-0.3, -0.25) is 4.99 Å². The Labute approximate surface area is 133 Å². The van der Waals surface area contributed by atoms with Crippen LogP contribution >= 0.6 is 0 Å².